The number of nitrogens with zero attached hydrogens (tertiary/aromatic N) is 1. The number of ether oxygens (including phenoxy) is 1. The van der Waals surface area contributed by atoms with Gasteiger partial charge in [-0.3, -0.25) is 9.59 Å². The monoisotopic (exact) mass is 382 g/mol. The molecule has 1 unspecified atom stereocenters. The molecule has 5 nitrogen and oxygen atoms in total. The Bertz CT molecular complexity index is 804. The van der Waals surface area contributed by atoms with E-state index in [1.807, 2.05) is 37.3 Å². The van der Waals surface area contributed by atoms with Gasteiger partial charge in [0.25, 0.3) is 5.56 Å². The van der Waals surface area contributed by atoms with E-state index in [-0.39, 0.29) is 6.10 Å². The molecule has 1 amide bonds. The van der Waals surface area contributed by atoms with Crippen LogP contribution in [-0.4, -0.2) is 23.6 Å². The van der Waals surface area contributed by atoms with Gasteiger partial charge in [0.15, 0.2) is 0 Å². The Hall–Kier alpha value is -2.61. The lowest BCUT2D eigenvalue weighted by Crippen LogP contribution is -2.33. The van der Waals surface area contributed by atoms with E-state index < -0.39 is 29.8 Å². The summed E-state index contributed by atoms with van der Waals surface area (Å²) in [6.45, 7) is 2.17. The van der Waals surface area contributed by atoms with Crippen molar-refractivity contribution in [1.82, 2.24) is 9.88 Å². The summed E-state index contributed by atoms with van der Waals surface area (Å²) in [4.78, 5) is 23.5. The van der Waals surface area contributed by atoms with Crippen molar-refractivity contribution >= 4 is 5.91 Å². The van der Waals surface area contributed by atoms with E-state index in [4.69, 9.17) is 4.74 Å². The number of carbonyl (C=O) groups excluding carboxylic acids is 1. The molecule has 27 heavy (non-hydrogen) atoms. The standard InChI is InChI=1S/C19H21F3N2O3/c1-14(15-6-3-2-4-7-15)27-11-5-10-23-17(25)13-24-12-16(19(20,21)22)8-9-18(24)26/h2-4,6-9,12,14H,5,10-11,13H2,1H3,(H,23,25). The maximum absolute atomic E-state index is 12.7. The minimum absolute atomic E-state index is 0.0782. The first-order valence-electron chi connectivity index (χ1n) is 8.48. The molecule has 0 aliphatic rings. The van der Waals surface area contributed by atoms with E-state index in [0.717, 1.165) is 16.2 Å². The van der Waals surface area contributed by atoms with Gasteiger partial charge in [0, 0.05) is 25.4 Å². The zero-order valence-electron chi connectivity index (χ0n) is 14.8. The Morgan fingerprint density at radius 3 is 2.56 bits per heavy atom. The molecular formula is C19H21F3N2O3. The second-order valence-electron chi connectivity index (χ2n) is 6.01. The first-order valence-corrected chi connectivity index (χ1v) is 8.48. The number of alkyl halides is 3. The predicted molar refractivity (Wildman–Crippen MR) is 94.1 cm³/mol. The molecule has 0 bridgehead atoms. The minimum Gasteiger partial charge on any atom is -0.374 e. The van der Waals surface area contributed by atoms with Crippen molar-refractivity contribution in [1.29, 1.82) is 0 Å². The number of halogens is 3. The quantitative estimate of drug-likeness (QED) is 0.714. The van der Waals surface area contributed by atoms with Gasteiger partial charge in [0.2, 0.25) is 5.91 Å². The lowest BCUT2D eigenvalue weighted by molar-refractivity contribution is -0.138. The third-order valence-electron chi connectivity index (χ3n) is 3.90. The van der Waals surface area contributed by atoms with Crippen LogP contribution in [0.15, 0.2) is 53.5 Å². The zero-order valence-corrected chi connectivity index (χ0v) is 14.8. The van der Waals surface area contributed by atoms with Gasteiger partial charge < -0.3 is 14.6 Å². The minimum atomic E-state index is -4.57. The van der Waals surface area contributed by atoms with Crippen LogP contribution >= 0.6 is 0 Å². The fraction of sp³-hybridized carbons (Fsp3) is 0.368. The highest BCUT2D eigenvalue weighted by Crippen LogP contribution is 2.27. The maximum atomic E-state index is 12.7. The molecule has 0 saturated carbocycles. The van der Waals surface area contributed by atoms with Crippen molar-refractivity contribution in [2.24, 2.45) is 0 Å². The van der Waals surface area contributed by atoms with Crippen LogP contribution in [0.5, 0.6) is 0 Å². The summed E-state index contributed by atoms with van der Waals surface area (Å²) in [6.07, 6.45) is -3.46. The third-order valence-corrected chi connectivity index (χ3v) is 3.90. The van der Waals surface area contributed by atoms with E-state index in [1.165, 1.54) is 0 Å². The molecule has 146 valence electrons. The SMILES string of the molecule is CC(OCCCNC(=O)Cn1cc(C(F)(F)F)ccc1=O)c1ccccc1. The van der Waals surface area contributed by atoms with Gasteiger partial charge in [-0.25, -0.2) is 0 Å². The molecule has 0 radical (unpaired) electrons. The van der Waals surface area contributed by atoms with Gasteiger partial charge in [-0.2, -0.15) is 13.2 Å². The number of pyridine rings is 1. The Morgan fingerprint density at radius 1 is 1.19 bits per heavy atom. The highest BCUT2D eigenvalue weighted by atomic mass is 19.4. The fourth-order valence-corrected chi connectivity index (χ4v) is 2.41. The summed E-state index contributed by atoms with van der Waals surface area (Å²) in [7, 11) is 0. The van der Waals surface area contributed by atoms with E-state index in [9.17, 15) is 22.8 Å². The number of hydrogen-bond donors (Lipinski definition) is 1. The van der Waals surface area contributed by atoms with Crippen LogP contribution in [-0.2, 0) is 22.3 Å². The molecule has 2 rings (SSSR count). The van der Waals surface area contributed by atoms with E-state index in [1.54, 1.807) is 0 Å². The molecule has 2 aromatic rings. The molecule has 0 saturated heterocycles. The van der Waals surface area contributed by atoms with Crippen molar-refractivity contribution in [3.05, 3.63) is 70.1 Å². The number of benzene rings is 1. The Morgan fingerprint density at radius 2 is 1.89 bits per heavy atom. The normalized spacial score (nSPS) is 12.6. The van der Waals surface area contributed by atoms with Crippen LogP contribution in [0, 0.1) is 0 Å². The van der Waals surface area contributed by atoms with Gasteiger partial charge in [-0.15, -0.1) is 0 Å². The molecule has 1 aromatic heterocycles. The van der Waals surface area contributed by atoms with Crippen LogP contribution in [0.3, 0.4) is 0 Å². The number of nitrogens with one attached hydrogen (secondary N) is 1. The smallest absolute Gasteiger partial charge is 0.374 e. The predicted octanol–water partition coefficient (Wildman–Crippen LogP) is 3.15. The molecule has 8 heteroatoms. The van der Waals surface area contributed by atoms with Crippen molar-refractivity contribution in [3.8, 4) is 0 Å². The van der Waals surface area contributed by atoms with Gasteiger partial charge in [0.05, 0.1) is 11.7 Å². The lowest BCUT2D eigenvalue weighted by Gasteiger charge is -2.14. The zero-order chi connectivity index (χ0) is 19.9. The number of carbonyl (C=O) groups is 1. The summed E-state index contributed by atoms with van der Waals surface area (Å²) in [5.74, 6) is -0.535. The van der Waals surface area contributed by atoms with Crippen LogP contribution in [0.1, 0.15) is 30.6 Å². The number of aromatic nitrogens is 1. The molecule has 1 atom stereocenters. The fourth-order valence-electron chi connectivity index (χ4n) is 2.41. The van der Waals surface area contributed by atoms with Crippen LogP contribution < -0.4 is 10.9 Å². The van der Waals surface area contributed by atoms with Gasteiger partial charge in [0.1, 0.15) is 6.54 Å². The first-order chi connectivity index (χ1) is 12.8. The topological polar surface area (TPSA) is 60.3 Å². The first kappa shape index (κ1) is 20.7. The summed E-state index contributed by atoms with van der Waals surface area (Å²) in [5.41, 5.74) is -0.596. The van der Waals surface area contributed by atoms with E-state index >= 15 is 0 Å². The highest BCUT2D eigenvalue weighted by Gasteiger charge is 2.31. The van der Waals surface area contributed by atoms with Gasteiger partial charge >= 0.3 is 6.18 Å². The molecule has 0 aliphatic heterocycles. The van der Waals surface area contributed by atoms with Crippen LogP contribution in [0.25, 0.3) is 0 Å². The summed E-state index contributed by atoms with van der Waals surface area (Å²) in [5, 5.41) is 2.57. The summed E-state index contributed by atoms with van der Waals surface area (Å²) < 4.78 is 44.5. The average molecular weight is 382 g/mol. The Labute approximate surface area is 154 Å². The van der Waals surface area contributed by atoms with E-state index in [2.05, 4.69) is 5.32 Å². The number of hydrogen-bond acceptors (Lipinski definition) is 3. The molecule has 1 N–H and O–H groups in total. The lowest BCUT2D eigenvalue weighted by atomic mass is 10.1. The Kier molecular flexibility index (Phi) is 7.18. The van der Waals surface area contributed by atoms with Gasteiger partial charge in [-0.1, -0.05) is 30.3 Å². The molecule has 1 aromatic carbocycles. The maximum Gasteiger partial charge on any atom is 0.417 e. The second-order valence-corrected chi connectivity index (χ2v) is 6.01. The molecule has 1 heterocycles. The number of rotatable bonds is 8. The Balaban J connectivity index is 1.74. The van der Waals surface area contributed by atoms with Crippen LogP contribution in [0.4, 0.5) is 13.2 Å². The summed E-state index contributed by atoms with van der Waals surface area (Å²) >= 11 is 0. The third kappa shape index (κ3) is 6.56. The largest absolute Gasteiger partial charge is 0.417 e. The van der Waals surface area contributed by atoms with Crippen molar-refractivity contribution in [2.45, 2.75) is 32.2 Å². The van der Waals surface area contributed by atoms with Crippen molar-refractivity contribution in [2.75, 3.05) is 13.2 Å². The second kappa shape index (κ2) is 9.36. The van der Waals surface area contributed by atoms with Gasteiger partial charge in [-0.05, 0) is 25.0 Å². The van der Waals surface area contributed by atoms with Crippen molar-refractivity contribution in [3.63, 3.8) is 0 Å². The molecule has 0 spiro atoms. The average Bonchev–Trinajstić information content (AvgIpc) is 2.63. The summed E-state index contributed by atoms with van der Waals surface area (Å²) in [6, 6.07) is 11.2. The van der Waals surface area contributed by atoms with E-state index in [0.29, 0.717) is 31.8 Å². The van der Waals surface area contributed by atoms with Crippen LogP contribution in [0.2, 0.25) is 0 Å². The highest BCUT2D eigenvalue weighted by molar-refractivity contribution is 5.75. The molecule has 0 aliphatic carbocycles. The number of amides is 1. The molecular weight excluding hydrogens is 361 g/mol. The van der Waals surface area contributed by atoms with Crippen molar-refractivity contribution < 1.29 is 22.7 Å². The molecule has 0 fully saturated rings.